The summed E-state index contributed by atoms with van der Waals surface area (Å²) in [6, 6.07) is 17.7. The number of aryl methyl sites for hydroxylation is 2. The first-order chi connectivity index (χ1) is 12.6. The molecule has 0 saturated carbocycles. The van der Waals surface area contributed by atoms with Crippen LogP contribution in [0.3, 0.4) is 0 Å². The Kier molecular flexibility index (Phi) is 5.59. The second-order valence-electron chi connectivity index (χ2n) is 6.11. The summed E-state index contributed by atoms with van der Waals surface area (Å²) >= 11 is 0. The molecule has 0 spiro atoms. The molecule has 1 heterocycles. The van der Waals surface area contributed by atoms with E-state index in [9.17, 15) is 4.79 Å². The van der Waals surface area contributed by atoms with E-state index in [0.717, 1.165) is 17.7 Å². The molecule has 3 rings (SSSR count). The third-order valence-electron chi connectivity index (χ3n) is 4.04. The summed E-state index contributed by atoms with van der Waals surface area (Å²) in [6.07, 6.45) is 2.57. The summed E-state index contributed by atoms with van der Waals surface area (Å²) < 4.78 is 0. The molecule has 0 unspecified atom stereocenters. The van der Waals surface area contributed by atoms with Gasteiger partial charge in [0.1, 0.15) is 5.69 Å². The Balaban J connectivity index is 1.64. The van der Waals surface area contributed by atoms with Crippen molar-refractivity contribution in [2.24, 2.45) is 0 Å². The van der Waals surface area contributed by atoms with Gasteiger partial charge in [-0.1, -0.05) is 48.9 Å². The highest BCUT2D eigenvalue weighted by molar-refractivity contribution is 5.92. The molecule has 3 aromatic rings. The predicted molar refractivity (Wildman–Crippen MR) is 103 cm³/mol. The summed E-state index contributed by atoms with van der Waals surface area (Å²) in [5.41, 5.74) is 4.71. The molecule has 0 radical (unpaired) electrons. The molecule has 1 amide bonds. The topological polar surface area (TPSA) is 66.9 Å². The second kappa shape index (κ2) is 8.25. The third kappa shape index (κ3) is 4.66. The maximum atomic E-state index is 12.4. The lowest BCUT2D eigenvalue weighted by atomic mass is 10.1. The van der Waals surface area contributed by atoms with E-state index in [0.29, 0.717) is 18.2 Å². The molecule has 0 bridgehead atoms. The van der Waals surface area contributed by atoms with Gasteiger partial charge in [-0.15, -0.1) is 0 Å². The Bertz CT molecular complexity index is 891. The minimum Gasteiger partial charge on any atom is -0.347 e. The summed E-state index contributed by atoms with van der Waals surface area (Å²) in [4.78, 5) is 20.9. The minimum atomic E-state index is -0.224. The number of nitrogens with zero attached hydrogens (tertiary/aromatic N) is 2. The number of anilines is 2. The first-order valence-electron chi connectivity index (χ1n) is 8.67. The number of rotatable bonds is 6. The van der Waals surface area contributed by atoms with Crippen LogP contribution in [0.5, 0.6) is 0 Å². The van der Waals surface area contributed by atoms with E-state index in [1.165, 1.54) is 11.1 Å². The van der Waals surface area contributed by atoms with Gasteiger partial charge in [0.25, 0.3) is 5.91 Å². The average Bonchev–Trinajstić information content (AvgIpc) is 2.67. The fourth-order valence-corrected chi connectivity index (χ4v) is 2.59. The molecule has 1 aromatic heterocycles. The van der Waals surface area contributed by atoms with Crippen molar-refractivity contribution in [1.82, 2.24) is 15.3 Å². The zero-order chi connectivity index (χ0) is 18.4. The predicted octanol–water partition coefficient (Wildman–Crippen LogP) is 4.02. The molecular weight excluding hydrogens is 324 g/mol. The Labute approximate surface area is 153 Å². The average molecular weight is 346 g/mol. The van der Waals surface area contributed by atoms with E-state index in [4.69, 9.17) is 0 Å². The van der Waals surface area contributed by atoms with Crippen molar-refractivity contribution >= 4 is 17.5 Å². The molecule has 5 nitrogen and oxygen atoms in total. The monoisotopic (exact) mass is 346 g/mol. The molecule has 5 heteroatoms. The van der Waals surface area contributed by atoms with Crippen molar-refractivity contribution < 1.29 is 4.79 Å². The smallest absolute Gasteiger partial charge is 0.270 e. The number of hydrogen-bond donors (Lipinski definition) is 2. The maximum Gasteiger partial charge on any atom is 0.270 e. The van der Waals surface area contributed by atoms with Crippen LogP contribution >= 0.6 is 0 Å². The van der Waals surface area contributed by atoms with Crippen LogP contribution in [-0.2, 0) is 13.0 Å². The van der Waals surface area contributed by atoms with Gasteiger partial charge in [-0.25, -0.2) is 9.97 Å². The van der Waals surface area contributed by atoms with Crippen LogP contribution in [0, 0.1) is 6.92 Å². The lowest BCUT2D eigenvalue weighted by Gasteiger charge is -2.08. The highest BCUT2D eigenvalue weighted by Crippen LogP contribution is 2.14. The van der Waals surface area contributed by atoms with Gasteiger partial charge >= 0.3 is 0 Å². The van der Waals surface area contributed by atoms with Crippen molar-refractivity contribution in [3.8, 4) is 0 Å². The maximum absolute atomic E-state index is 12.4. The van der Waals surface area contributed by atoms with Crippen molar-refractivity contribution in [3.63, 3.8) is 0 Å². The van der Waals surface area contributed by atoms with Crippen LogP contribution in [0.15, 0.2) is 60.8 Å². The van der Waals surface area contributed by atoms with Gasteiger partial charge in [0.2, 0.25) is 5.95 Å². The molecule has 0 atom stereocenters. The number of carbonyl (C=O) groups is 1. The van der Waals surface area contributed by atoms with Gasteiger partial charge in [-0.3, -0.25) is 4.79 Å². The fraction of sp³-hybridized carbons (Fsp3) is 0.190. The number of benzene rings is 2. The number of hydrogen-bond acceptors (Lipinski definition) is 4. The van der Waals surface area contributed by atoms with Crippen LogP contribution in [0.1, 0.15) is 34.1 Å². The molecule has 2 N–H and O–H groups in total. The van der Waals surface area contributed by atoms with Crippen molar-refractivity contribution in [3.05, 3.63) is 83.2 Å². The van der Waals surface area contributed by atoms with Crippen LogP contribution in [0.2, 0.25) is 0 Å². The molecule has 0 aliphatic heterocycles. The van der Waals surface area contributed by atoms with E-state index >= 15 is 0 Å². The molecule has 0 aliphatic rings. The summed E-state index contributed by atoms with van der Waals surface area (Å²) in [5.74, 6) is 0.177. The largest absolute Gasteiger partial charge is 0.347 e. The van der Waals surface area contributed by atoms with Crippen LogP contribution in [0.25, 0.3) is 0 Å². The second-order valence-corrected chi connectivity index (χ2v) is 6.11. The van der Waals surface area contributed by atoms with Crippen LogP contribution in [0.4, 0.5) is 11.6 Å². The van der Waals surface area contributed by atoms with Crippen LogP contribution < -0.4 is 10.6 Å². The Morgan fingerprint density at radius 2 is 1.85 bits per heavy atom. The number of aromatic nitrogens is 2. The Hall–Kier alpha value is -3.21. The highest BCUT2D eigenvalue weighted by Gasteiger charge is 2.09. The molecule has 132 valence electrons. The SMILES string of the molecule is CCc1ccc(Nc2nccc(C(=O)NCc3cccc(C)c3)n2)cc1. The summed E-state index contributed by atoms with van der Waals surface area (Å²) in [7, 11) is 0. The van der Waals surface area contributed by atoms with Crippen molar-refractivity contribution in [2.75, 3.05) is 5.32 Å². The Morgan fingerprint density at radius 3 is 2.58 bits per heavy atom. The number of carbonyl (C=O) groups excluding carboxylic acids is 1. The number of amides is 1. The summed E-state index contributed by atoms with van der Waals surface area (Å²) in [6.45, 7) is 4.61. The highest BCUT2D eigenvalue weighted by atomic mass is 16.1. The van der Waals surface area contributed by atoms with Gasteiger partial charge in [0.05, 0.1) is 0 Å². The summed E-state index contributed by atoms with van der Waals surface area (Å²) in [5, 5.41) is 6.02. The Morgan fingerprint density at radius 1 is 1.04 bits per heavy atom. The van der Waals surface area contributed by atoms with Crippen molar-refractivity contribution in [1.29, 1.82) is 0 Å². The third-order valence-corrected chi connectivity index (χ3v) is 4.04. The van der Waals surface area contributed by atoms with Crippen LogP contribution in [-0.4, -0.2) is 15.9 Å². The molecule has 26 heavy (non-hydrogen) atoms. The van der Waals surface area contributed by atoms with Gasteiger partial charge in [-0.2, -0.15) is 0 Å². The normalized spacial score (nSPS) is 10.4. The first kappa shape index (κ1) is 17.6. The zero-order valence-corrected chi connectivity index (χ0v) is 15.0. The van der Waals surface area contributed by atoms with Gasteiger partial charge < -0.3 is 10.6 Å². The van der Waals surface area contributed by atoms with E-state index in [1.54, 1.807) is 12.3 Å². The van der Waals surface area contributed by atoms with E-state index in [1.807, 2.05) is 43.3 Å². The van der Waals surface area contributed by atoms with Gasteiger partial charge in [-0.05, 0) is 42.7 Å². The lowest BCUT2D eigenvalue weighted by Crippen LogP contribution is -2.24. The molecule has 2 aromatic carbocycles. The van der Waals surface area contributed by atoms with Gasteiger partial charge in [0.15, 0.2) is 0 Å². The molecule has 0 aliphatic carbocycles. The fourth-order valence-electron chi connectivity index (χ4n) is 2.59. The molecular formula is C21H22N4O. The molecule has 0 saturated heterocycles. The van der Waals surface area contributed by atoms with E-state index in [2.05, 4.69) is 39.7 Å². The van der Waals surface area contributed by atoms with Gasteiger partial charge in [0, 0.05) is 18.4 Å². The standard InChI is InChI=1S/C21H22N4O/c1-3-16-7-9-18(10-8-16)24-21-22-12-11-19(25-21)20(26)23-14-17-6-4-5-15(2)13-17/h4-13H,3,14H2,1-2H3,(H,23,26)(H,22,24,25). The lowest BCUT2D eigenvalue weighted by molar-refractivity contribution is 0.0946. The zero-order valence-electron chi connectivity index (χ0n) is 15.0. The first-order valence-corrected chi connectivity index (χ1v) is 8.67. The minimum absolute atomic E-state index is 0.224. The molecule has 0 fully saturated rings. The number of nitrogens with one attached hydrogen (secondary N) is 2. The van der Waals surface area contributed by atoms with E-state index < -0.39 is 0 Å². The van der Waals surface area contributed by atoms with Crippen molar-refractivity contribution in [2.45, 2.75) is 26.8 Å². The van der Waals surface area contributed by atoms with E-state index in [-0.39, 0.29) is 5.91 Å². The quantitative estimate of drug-likeness (QED) is 0.707.